The van der Waals surface area contributed by atoms with Crippen molar-refractivity contribution in [2.75, 3.05) is 19.7 Å². The summed E-state index contributed by atoms with van der Waals surface area (Å²) in [6.07, 6.45) is 2.68. The zero-order valence-corrected chi connectivity index (χ0v) is 6.72. The van der Waals surface area contributed by atoms with E-state index in [1.165, 1.54) is 0 Å². The largest absolute Gasteiger partial charge is 0.463 e. The van der Waals surface area contributed by atoms with Gasteiger partial charge in [-0.05, 0) is 19.9 Å². The highest BCUT2D eigenvalue weighted by atomic mass is 16.5. The molecule has 1 heterocycles. The number of ether oxygens (including phenoxy) is 1. The second-order valence-electron chi connectivity index (χ2n) is 2.40. The monoisotopic (exact) mass is 155 g/mol. The van der Waals surface area contributed by atoms with E-state index in [0.29, 0.717) is 6.61 Å². The molecule has 1 rings (SSSR count). The molecule has 0 bridgehead atoms. The zero-order chi connectivity index (χ0) is 8.10. The van der Waals surface area contributed by atoms with Gasteiger partial charge < -0.3 is 10.1 Å². The van der Waals surface area contributed by atoms with Crippen molar-refractivity contribution in [3.63, 3.8) is 0 Å². The van der Waals surface area contributed by atoms with Gasteiger partial charge in [0.05, 0.1) is 6.61 Å². The molecule has 0 unspecified atom stereocenters. The van der Waals surface area contributed by atoms with Crippen molar-refractivity contribution in [2.45, 2.75) is 13.3 Å². The Labute approximate surface area is 66.4 Å². The molecule has 11 heavy (non-hydrogen) atoms. The smallest absolute Gasteiger partial charge is 0.333 e. The fourth-order valence-electron chi connectivity index (χ4n) is 1.03. The van der Waals surface area contributed by atoms with Crippen LogP contribution in [0.2, 0.25) is 0 Å². The molecule has 1 aliphatic rings. The van der Waals surface area contributed by atoms with Crippen LogP contribution in [-0.4, -0.2) is 25.7 Å². The van der Waals surface area contributed by atoms with Gasteiger partial charge in [0.2, 0.25) is 0 Å². The minimum absolute atomic E-state index is 0.158. The predicted octanol–water partition coefficient (Wildman–Crippen LogP) is 0.469. The first-order valence-corrected chi connectivity index (χ1v) is 3.91. The molecule has 0 spiro atoms. The van der Waals surface area contributed by atoms with E-state index in [-0.39, 0.29) is 5.97 Å². The van der Waals surface area contributed by atoms with Crippen LogP contribution in [0.15, 0.2) is 11.6 Å². The van der Waals surface area contributed by atoms with Gasteiger partial charge in [0, 0.05) is 12.1 Å². The highest BCUT2D eigenvalue weighted by Gasteiger charge is 2.11. The van der Waals surface area contributed by atoms with Crippen LogP contribution in [0, 0.1) is 0 Å². The summed E-state index contributed by atoms with van der Waals surface area (Å²) in [4.78, 5) is 11.1. The third kappa shape index (κ3) is 2.35. The molecule has 1 N–H and O–H groups in total. The molecule has 1 aliphatic heterocycles. The van der Waals surface area contributed by atoms with Crippen molar-refractivity contribution in [3.05, 3.63) is 11.6 Å². The van der Waals surface area contributed by atoms with Crippen LogP contribution in [0.3, 0.4) is 0 Å². The second kappa shape index (κ2) is 4.13. The average Bonchev–Trinajstić information content (AvgIpc) is 2.07. The molecular formula is C8H13NO2. The number of carbonyl (C=O) groups is 1. The summed E-state index contributed by atoms with van der Waals surface area (Å²) in [5.41, 5.74) is 0.811. The molecule has 0 amide bonds. The summed E-state index contributed by atoms with van der Waals surface area (Å²) < 4.78 is 4.85. The zero-order valence-electron chi connectivity index (χ0n) is 6.72. The molecule has 62 valence electrons. The minimum atomic E-state index is -0.158. The molecule has 0 aliphatic carbocycles. The van der Waals surface area contributed by atoms with E-state index in [9.17, 15) is 4.79 Å². The van der Waals surface area contributed by atoms with Crippen molar-refractivity contribution in [2.24, 2.45) is 0 Å². The molecule has 0 atom stereocenters. The fraction of sp³-hybridized carbons (Fsp3) is 0.625. The Morgan fingerprint density at radius 2 is 2.64 bits per heavy atom. The number of nitrogens with one attached hydrogen (secondary N) is 1. The first kappa shape index (κ1) is 8.27. The minimum Gasteiger partial charge on any atom is -0.463 e. The van der Waals surface area contributed by atoms with E-state index in [0.717, 1.165) is 25.1 Å². The Bertz CT molecular complexity index is 175. The average molecular weight is 155 g/mol. The van der Waals surface area contributed by atoms with Crippen LogP contribution in [0.5, 0.6) is 0 Å². The molecule has 0 aromatic rings. The van der Waals surface area contributed by atoms with Gasteiger partial charge in [-0.1, -0.05) is 6.08 Å². The van der Waals surface area contributed by atoms with E-state index >= 15 is 0 Å². The molecule has 0 radical (unpaired) electrons. The molecule has 3 nitrogen and oxygen atoms in total. The lowest BCUT2D eigenvalue weighted by Gasteiger charge is -2.11. The van der Waals surface area contributed by atoms with E-state index in [4.69, 9.17) is 4.74 Å². The van der Waals surface area contributed by atoms with Gasteiger partial charge in [-0.2, -0.15) is 0 Å². The highest BCUT2D eigenvalue weighted by Crippen LogP contribution is 2.05. The Morgan fingerprint density at radius 1 is 1.82 bits per heavy atom. The number of carbonyl (C=O) groups excluding carboxylic acids is 1. The van der Waals surface area contributed by atoms with Gasteiger partial charge in [-0.25, -0.2) is 4.79 Å². The van der Waals surface area contributed by atoms with Crippen molar-refractivity contribution in [1.82, 2.24) is 5.32 Å². The maximum atomic E-state index is 11.1. The van der Waals surface area contributed by atoms with Gasteiger partial charge in [0.25, 0.3) is 0 Å². The molecule has 0 aromatic carbocycles. The summed E-state index contributed by atoms with van der Waals surface area (Å²) in [7, 11) is 0. The highest BCUT2D eigenvalue weighted by molar-refractivity contribution is 5.88. The predicted molar refractivity (Wildman–Crippen MR) is 42.2 cm³/mol. The van der Waals surface area contributed by atoms with Gasteiger partial charge in [-0.15, -0.1) is 0 Å². The van der Waals surface area contributed by atoms with Crippen molar-refractivity contribution >= 4 is 5.97 Å². The van der Waals surface area contributed by atoms with E-state index < -0.39 is 0 Å². The summed E-state index contributed by atoms with van der Waals surface area (Å²) in [6.45, 7) is 3.95. The SMILES string of the molecule is CCOC(=O)C1=CCNCC1. The van der Waals surface area contributed by atoms with Gasteiger partial charge in [0.1, 0.15) is 0 Å². The van der Waals surface area contributed by atoms with Gasteiger partial charge >= 0.3 is 5.97 Å². The van der Waals surface area contributed by atoms with Crippen molar-refractivity contribution in [1.29, 1.82) is 0 Å². The molecule has 3 heteroatoms. The van der Waals surface area contributed by atoms with Crippen LogP contribution in [0.25, 0.3) is 0 Å². The first-order valence-electron chi connectivity index (χ1n) is 3.91. The first-order chi connectivity index (χ1) is 5.34. The van der Waals surface area contributed by atoms with Crippen LogP contribution in [0.4, 0.5) is 0 Å². The number of rotatable bonds is 2. The lowest BCUT2D eigenvalue weighted by Crippen LogP contribution is -2.24. The number of hydrogen-bond acceptors (Lipinski definition) is 3. The molecule has 0 aromatic heterocycles. The van der Waals surface area contributed by atoms with Crippen molar-refractivity contribution < 1.29 is 9.53 Å². The number of hydrogen-bond donors (Lipinski definition) is 1. The van der Waals surface area contributed by atoms with E-state index in [2.05, 4.69) is 5.32 Å². The topological polar surface area (TPSA) is 38.3 Å². The third-order valence-corrected chi connectivity index (χ3v) is 1.60. The Balaban J connectivity index is 2.44. The van der Waals surface area contributed by atoms with E-state index in [1.54, 1.807) is 0 Å². The molecular weight excluding hydrogens is 142 g/mol. The summed E-state index contributed by atoms with van der Waals surface area (Å²) in [5, 5.41) is 3.13. The molecule has 0 saturated carbocycles. The molecule has 0 fully saturated rings. The number of esters is 1. The Kier molecular flexibility index (Phi) is 3.11. The fourth-order valence-corrected chi connectivity index (χ4v) is 1.03. The quantitative estimate of drug-likeness (QED) is 0.589. The lowest BCUT2D eigenvalue weighted by atomic mass is 10.1. The van der Waals surface area contributed by atoms with Gasteiger partial charge in [-0.3, -0.25) is 0 Å². The summed E-state index contributed by atoms with van der Waals surface area (Å²) >= 11 is 0. The summed E-state index contributed by atoms with van der Waals surface area (Å²) in [6, 6.07) is 0. The standard InChI is InChI=1S/C8H13NO2/c1-2-11-8(10)7-3-5-9-6-4-7/h3,9H,2,4-6H2,1H3. The normalized spacial score (nSPS) is 17.4. The summed E-state index contributed by atoms with van der Waals surface area (Å²) in [5.74, 6) is -0.158. The van der Waals surface area contributed by atoms with Crippen LogP contribution >= 0.6 is 0 Å². The maximum Gasteiger partial charge on any atom is 0.333 e. The second-order valence-corrected chi connectivity index (χ2v) is 2.40. The van der Waals surface area contributed by atoms with E-state index in [1.807, 2.05) is 13.0 Å². The van der Waals surface area contributed by atoms with Crippen LogP contribution in [-0.2, 0) is 9.53 Å². The maximum absolute atomic E-state index is 11.1. The molecule has 0 saturated heterocycles. The Hall–Kier alpha value is -0.830. The Morgan fingerprint density at radius 3 is 3.18 bits per heavy atom. The lowest BCUT2D eigenvalue weighted by molar-refractivity contribution is -0.138. The van der Waals surface area contributed by atoms with Crippen LogP contribution in [0.1, 0.15) is 13.3 Å². The third-order valence-electron chi connectivity index (χ3n) is 1.60. The van der Waals surface area contributed by atoms with Gasteiger partial charge in [0.15, 0.2) is 0 Å². The van der Waals surface area contributed by atoms with Crippen molar-refractivity contribution in [3.8, 4) is 0 Å². The van der Waals surface area contributed by atoms with Crippen LogP contribution < -0.4 is 5.32 Å².